The van der Waals surface area contributed by atoms with Crippen molar-refractivity contribution >= 4 is 23.2 Å². The molecular weight excluding hydrogens is 323 g/mol. The Morgan fingerprint density at radius 1 is 1.18 bits per heavy atom. The molecule has 1 aromatic carbocycles. The molecule has 5 nitrogen and oxygen atoms in total. The summed E-state index contributed by atoms with van der Waals surface area (Å²) in [6.07, 6.45) is -0.168. The van der Waals surface area contributed by atoms with Gasteiger partial charge in [0, 0.05) is 48.3 Å². The van der Waals surface area contributed by atoms with Gasteiger partial charge >= 0.3 is 0 Å². The second-order valence-corrected chi connectivity index (χ2v) is 6.51. The molecule has 0 aromatic heterocycles. The van der Waals surface area contributed by atoms with Gasteiger partial charge in [0.25, 0.3) is 0 Å². The van der Waals surface area contributed by atoms with Crippen molar-refractivity contribution in [3.63, 3.8) is 0 Å². The number of hydrogen-bond acceptors (Lipinski definition) is 5. The van der Waals surface area contributed by atoms with E-state index < -0.39 is 0 Å². The van der Waals surface area contributed by atoms with Gasteiger partial charge in [-0.05, 0) is 12.1 Å². The van der Waals surface area contributed by atoms with Gasteiger partial charge in [0.15, 0.2) is 0 Å². The van der Waals surface area contributed by atoms with Crippen LogP contribution in [0.5, 0.6) is 0 Å². The minimum Gasteiger partial charge on any atom is -0.379 e. The lowest BCUT2D eigenvalue weighted by Gasteiger charge is -2.32. The van der Waals surface area contributed by atoms with Gasteiger partial charge in [-0.25, -0.2) is 0 Å². The Morgan fingerprint density at radius 2 is 1.86 bits per heavy atom. The van der Waals surface area contributed by atoms with Crippen LogP contribution in [0.4, 0.5) is 0 Å². The van der Waals surface area contributed by atoms with Crippen LogP contribution in [0, 0.1) is 0 Å². The fraction of sp³-hybridized carbons (Fsp3) is 0.600. The quantitative estimate of drug-likeness (QED) is 0.867. The van der Waals surface area contributed by atoms with Crippen molar-refractivity contribution < 1.29 is 4.74 Å². The molecule has 0 radical (unpaired) electrons. The first-order valence-corrected chi connectivity index (χ1v) is 8.41. The Labute approximate surface area is 141 Å². The Bertz CT molecular complexity index is 490. The molecule has 1 aromatic rings. The van der Waals surface area contributed by atoms with E-state index in [-0.39, 0.29) is 12.3 Å². The van der Waals surface area contributed by atoms with Crippen LogP contribution in [0.1, 0.15) is 11.6 Å². The predicted molar refractivity (Wildman–Crippen MR) is 89.1 cm³/mol. The summed E-state index contributed by atoms with van der Waals surface area (Å²) in [5.74, 6) is 0. The maximum atomic E-state index is 6.36. The van der Waals surface area contributed by atoms with Crippen LogP contribution in [0.15, 0.2) is 18.2 Å². The number of nitrogens with zero attached hydrogens (tertiary/aromatic N) is 2. The topological polar surface area (TPSA) is 53.8 Å². The number of ether oxygens (including phenoxy) is 1. The van der Waals surface area contributed by atoms with Crippen molar-refractivity contribution in [3.05, 3.63) is 33.8 Å². The number of rotatable bonds is 4. The van der Waals surface area contributed by atoms with E-state index in [0.29, 0.717) is 10.0 Å². The van der Waals surface area contributed by atoms with Crippen LogP contribution >= 0.6 is 23.2 Å². The molecule has 7 heteroatoms. The van der Waals surface area contributed by atoms with Gasteiger partial charge in [-0.1, -0.05) is 29.3 Å². The Balaban J connectivity index is 1.70. The standard InChI is InChI=1S/C15H22Cl2N4O/c16-11-2-1-3-12(17)14(11)13-10-19-15(18)21(13)5-4-20-6-8-22-9-7-20/h1-3,13,15,19H,4-10,18H2. The van der Waals surface area contributed by atoms with E-state index in [9.17, 15) is 0 Å². The molecule has 0 amide bonds. The molecule has 2 fully saturated rings. The molecule has 0 spiro atoms. The van der Waals surface area contributed by atoms with Gasteiger partial charge in [-0.2, -0.15) is 0 Å². The zero-order valence-electron chi connectivity index (χ0n) is 12.5. The van der Waals surface area contributed by atoms with E-state index >= 15 is 0 Å². The summed E-state index contributed by atoms with van der Waals surface area (Å²) in [4.78, 5) is 4.64. The van der Waals surface area contributed by atoms with E-state index in [4.69, 9.17) is 33.7 Å². The van der Waals surface area contributed by atoms with Crippen LogP contribution < -0.4 is 11.1 Å². The second-order valence-electron chi connectivity index (χ2n) is 5.70. The molecule has 3 N–H and O–H groups in total. The number of benzene rings is 1. The molecular formula is C15H22Cl2N4O. The molecule has 2 aliphatic heterocycles. The maximum absolute atomic E-state index is 6.36. The highest BCUT2D eigenvalue weighted by Crippen LogP contribution is 2.35. The minimum atomic E-state index is -0.168. The number of hydrogen-bond donors (Lipinski definition) is 2. The fourth-order valence-electron chi connectivity index (χ4n) is 3.13. The summed E-state index contributed by atoms with van der Waals surface area (Å²) in [6.45, 7) is 6.18. The van der Waals surface area contributed by atoms with Crippen LogP contribution in [-0.2, 0) is 4.74 Å². The third-order valence-electron chi connectivity index (χ3n) is 4.39. The minimum absolute atomic E-state index is 0.109. The zero-order chi connectivity index (χ0) is 15.5. The average molecular weight is 345 g/mol. The van der Waals surface area contributed by atoms with Gasteiger partial charge < -0.3 is 10.5 Å². The second kappa shape index (κ2) is 7.45. The highest BCUT2D eigenvalue weighted by atomic mass is 35.5. The maximum Gasteiger partial charge on any atom is 0.112 e. The first-order valence-electron chi connectivity index (χ1n) is 7.65. The van der Waals surface area contributed by atoms with Crippen molar-refractivity contribution in [2.24, 2.45) is 5.73 Å². The van der Waals surface area contributed by atoms with Crippen molar-refractivity contribution in [1.82, 2.24) is 15.1 Å². The van der Waals surface area contributed by atoms with E-state index in [1.807, 2.05) is 18.2 Å². The van der Waals surface area contributed by atoms with Gasteiger partial charge in [-0.15, -0.1) is 0 Å². The van der Waals surface area contributed by atoms with Gasteiger partial charge in [-0.3, -0.25) is 15.1 Å². The van der Waals surface area contributed by atoms with Crippen molar-refractivity contribution in [2.45, 2.75) is 12.3 Å². The summed E-state index contributed by atoms with van der Waals surface area (Å²) in [5, 5.41) is 4.70. The van der Waals surface area contributed by atoms with Gasteiger partial charge in [0.05, 0.1) is 19.3 Å². The van der Waals surface area contributed by atoms with Crippen molar-refractivity contribution in [3.8, 4) is 0 Å². The third-order valence-corrected chi connectivity index (χ3v) is 5.05. The normalized spacial score (nSPS) is 27.4. The molecule has 2 saturated heterocycles. The van der Waals surface area contributed by atoms with Crippen LogP contribution in [0.25, 0.3) is 0 Å². The lowest BCUT2D eigenvalue weighted by atomic mass is 10.1. The van der Waals surface area contributed by atoms with Crippen molar-refractivity contribution in [2.75, 3.05) is 45.9 Å². The first kappa shape index (κ1) is 16.5. The number of halogens is 2. The SMILES string of the molecule is NC1NCC(c2c(Cl)cccc2Cl)N1CCN1CCOCC1. The smallest absolute Gasteiger partial charge is 0.112 e. The summed E-state index contributed by atoms with van der Waals surface area (Å²) in [6, 6.07) is 5.74. The van der Waals surface area contributed by atoms with E-state index in [1.54, 1.807) is 0 Å². The highest BCUT2D eigenvalue weighted by Gasteiger charge is 2.34. The number of nitrogens with two attached hydrogens (primary N) is 1. The fourth-order valence-corrected chi connectivity index (χ4v) is 3.78. The summed E-state index contributed by atoms with van der Waals surface area (Å²) >= 11 is 12.7. The van der Waals surface area contributed by atoms with Gasteiger partial charge in [0.1, 0.15) is 6.29 Å². The predicted octanol–water partition coefficient (Wildman–Crippen LogP) is 1.51. The van der Waals surface area contributed by atoms with Crippen LogP contribution in [0.3, 0.4) is 0 Å². The molecule has 2 aliphatic rings. The molecule has 0 bridgehead atoms. The lowest BCUT2D eigenvalue weighted by molar-refractivity contribution is 0.0302. The molecule has 2 atom stereocenters. The zero-order valence-corrected chi connectivity index (χ0v) is 14.0. The Morgan fingerprint density at radius 3 is 2.55 bits per heavy atom. The van der Waals surface area contributed by atoms with E-state index in [0.717, 1.165) is 51.5 Å². The van der Waals surface area contributed by atoms with Gasteiger partial charge in [0.2, 0.25) is 0 Å². The summed E-state index contributed by atoms with van der Waals surface area (Å²) in [5.41, 5.74) is 7.17. The summed E-state index contributed by atoms with van der Waals surface area (Å²) < 4.78 is 5.39. The van der Waals surface area contributed by atoms with Crippen LogP contribution in [0.2, 0.25) is 10.0 Å². The number of morpholine rings is 1. The average Bonchev–Trinajstić information content (AvgIpc) is 2.87. The lowest BCUT2D eigenvalue weighted by Crippen LogP contribution is -2.48. The monoisotopic (exact) mass is 344 g/mol. The Hall–Kier alpha value is -0.400. The van der Waals surface area contributed by atoms with Crippen LogP contribution in [-0.4, -0.2) is 62.0 Å². The number of nitrogens with one attached hydrogen (secondary N) is 1. The third kappa shape index (κ3) is 3.57. The molecule has 0 aliphatic carbocycles. The Kier molecular flexibility index (Phi) is 5.57. The van der Waals surface area contributed by atoms with E-state index in [2.05, 4.69) is 15.1 Å². The molecule has 22 heavy (non-hydrogen) atoms. The molecule has 0 saturated carbocycles. The first-order chi connectivity index (χ1) is 10.7. The largest absolute Gasteiger partial charge is 0.379 e. The summed E-state index contributed by atoms with van der Waals surface area (Å²) in [7, 11) is 0. The molecule has 122 valence electrons. The molecule has 2 heterocycles. The van der Waals surface area contributed by atoms with Crippen molar-refractivity contribution in [1.29, 1.82) is 0 Å². The highest BCUT2D eigenvalue weighted by molar-refractivity contribution is 6.36. The van der Waals surface area contributed by atoms with E-state index in [1.165, 1.54) is 0 Å². The molecule has 2 unspecified atom stereocenters. The molecule has 3 rings (SSSR count).